The summed E-state index contributed by atoms with van der Waals surface area (Å²) in [4.78, 5) is 3.01. The van der Waals surface area contributed by atoms with Gasteiger partial charge in [-0.15, -0.1) is 0 Å². The van der Waals surface area contributed by atoms with E-state index in [-0.39, 0.29) is 5.75 Å². The molecule has 1 heterocycles. The Bertz CT molecular complexity index is 700. The summed E-state index contributed by atoms with van der Waals surface area (Å²) < 4.78 is 24.9. The SMILES string of the molecule is CS(=O)(=O)CCCn1c(-c2ccccc2)c[nH]c1=S. The largest absolute Gasteiger partial charge is 0.337 e. The van der Waals surface area contributed by atoms with Crippen molar-refractivity contribution in [3.05, 3.63) is 41.3 Å². The Morgan fingerprint density at radius 1 is 1.26 bits per heavy atom. The van der Waals surface area contributed by atoms with E-state index in [1.807, 2.05) is 41.1 Å². The molecule has 0 bridgehead atoms. The van der Waals surface area contributed by atoms with Gasteiger partial charge in [-0.3, -0.25) is 0 Å². The lowest BCUT2D eigenvalue weighted by Gasteiger charge is -2.08. The first kappa shape index (κ1) is 14.0. The van der Waals surface area contributed by atoms with E-state index in [0.29, 0.717) is 17.7 Å². The minimum Gasteiger partial charge on any atom is -0.337 e. The molecule has 2 aromatic rings. The summed E-state index contributed by atoms with van der Waals surface area (Å²) in [5.41, 5.74) is 2.05. The summed E-state index contributed by atoms with van der Waals surface area (Å²) in [5, 5.41) is 0. The zero-order valence-corrected chi connectivity index (χ0v) is 12.3. The van der Waals surface area contributed by atoms with Gasteiger partial charge in [-0.2, -0.15) is 0 Å². The molecule has 1 aromatic carbocycles. The number of hydrogen-bond acceptors (Lipinski definition) is 3. The number of nitrogens with zero attached hydrogens (tertiary/aromatic N) is 1. The van der Waals surface area contributed by atoms with Crippen molar-refractivity contribution in [3.8, 4) is 11.3 Å². The molecule has 0 unspecified atom stereocenters. The van der Waals surface area contributed by atoms with Gasteiger partial charge in [0.2, 0.25) is 0 Å². The molecule has 0 aliphatic rings. The second-order valence-electron chi connectivity index (χ2n) is 4.48. The molecule has 0 saturated carbocycles. The molecule has 102 valence electrons. The van der Waals surface area contributed by atoms with E-state index in [9.17, 15) is 8.42 Å². The zero-order valence-electron chi connectivity index (χ0n) is 10.7. The van der Waals surface area contributed by atoms with Crippen LogP contribution in [-0.2, 0) is 16.4 Å². The number of aromatic nitrogens is 2. The van der Waals surface area contributed by atoms with Crippen molar-refractivity contribution < 1.29 is 8.42 Å². The van der Waals surface area contributed by atoms with Crippen LogP contribution in [0.15, 0.2) is 36.5 Å². The minimum absolute atomic E-state index is 0.175. The van der Waals surface area contributed by atoms with Crippen LogP contribution in [0.4, 0.5) is 0 Å². The Kier molecular flexibility index (Phi) is 4.21. The highest BCUT2D eigenvalue weighted by Crippen LogP contribution is 2.19. The summed E-state index contributed by atoms with van der Waals surface area (Å²) in [5.74, 6) is 0.175. The average Bonchev–Trinajstić information content (AvgIpc) is 2.71. The summed E-state index contributed by atoms with van der Waals surface area (Å²) in [6, 6.07) is 9.90. The molecule has 0 radical (unpaired) electrons. The third-order valence-electron chi connectivity index (χ3n) is 2.83. The van der Waals surface area contributed by atoms with Crippen LogP contribution >= 0.6 is 12.2 Å². The monoisotopic (exact) mass is 296 g/mol. The fourth-order valence-corrected chi connectivity index (χ4v) is 2.85. The van der Waals surface area contributed by atoms with E-state index in [0.717, 1.165) is 11.3 Å². The summed E-state index contributed by atoms with van der Waals surface area (Å²) in [7, 11) is -2.93. The van der Waals surface area contributed by atoms with E-state index in [1.54, 1.807) is 0 Å². The van der Waals surface area contributed by atoms with E-state index in [4.69, 9.17) is 12.2 Å². The number of H-pyrrole nitrogens is 1. The second-order valence-corrected chi connectivity index (χ2v) is 7.13. The third kappa shape index (κ3) is 3.78. The number of imidazole rings is 1. The van der Waals surface area contributed by atoms with Gasteiger partial charge >= 0.3 is 0 Å². The van der Waals surface area contributed by atoms with Crippen LogP contribution in [0, 0.1) is 4.77 Å². The van der Waals surface area contributed by atoms with Gasteiger partial charge < -0.3 is 9.55 Å². The van der Waals surface area contributed by atoms with E-state index in [2.05, 4.69) is 4.98 Å². The minimum atomic E-state index is -2.93. The number of rotatable bonds is 5. The van der Waals surface area contributed by atoms with Crippen LogP contribution in [0.5, 0.6) is 0 Å². The van der Waals surface area contributed by atoms with Crippen molar-refractivity contribution in [2.24, 2.45) is 0 Å². The van der Waals surface area contributed by atoms with Crippen LogP contribution in [0.3, 0.4) is 0 Å². The van der Waals surface area contributed by atoms with Crippen LogP contribution in [0.25, 0.3) is 11.3 Å². The topological polar surface area (TPSA) is 54.9 Å². The molecular formula is C13H16N2O2S2. The van der Waals surface area contributed by atoms with E-state index < -0.39 is 9.84 Å². The predicted octanol–water partition coefficient (Wildman–Crippen LogP) is 2.65. The molecule has 2 rings (SSSR count). The Balaban J connectivity index is 2.22. The molecule has 0 fully saturated rings. The van der Waals surface area contributed by atoms with Crippen molar-refractivity contribution in [2.75, 3.05) is 12.0 Å². The highest BCUT2D eigenvalue weighted by Gasteiger charge is 2.08. The molecule has 1 N–H and O–H groups in total. The molecule has 0 saturated heterocycles. The van der Waals surface area contributed by atoms with Gasteiger partial charge in [0.15, 0.2) is 4.77 Å². The summed E-state index contributed by atoms with van der Waals surface area (Å²) in [6.07, 6.45) is 3.67. The first-order chi connectivity index (χ1) is 8.97. The smallest absolute Gasteiger partial charge is 0.177 e. The van der Waals surface area contributed by atoms with Crippen molar-refractivity contribution >= 4 is 22.1 Å². The molecular weight excluding hydrogens is 280 g/mol. The highest BCUT2D eigenvalue weighted by molar-refractivity contribution is 7.90. The Morgan fingerprint density at radius 2 is 1.95 bits per heavy atom. The van der Waals surface area contributed by atoms with Gasteiger partial charge in [0.05, 0.1) is 11.4 Å². The van der Waals surface area contributed by atoms with E-state index >= 15 is 0 Å². The van der Waals surface area contributed by atoms with Crippen LogP contribution in [-0.4, -0.2) is 30.0 Å². The van der Waals surface area contributed by atoms with Crippen LogP contribution in [0.2, 0.25) is 0 Å². The van der Waals surface area contributed by atoms with Gasteiger partial charge in [0.1, 0.15) is 9.84 Å². The predicted molar refractivity (Wildman–Crippen MR) is 79.4 cm³/mol. The van der Waals surface area contributed by atoms with Crippen molar-refractivity contribution in [1.29, 1.82) is 0 Å². The zero-order chi connectivity index (χ0) is 13.9. The van der Waals surface area contributed by atoms with Gasteiger partial charge in [0, 0.05) is 19.0 Å². The molecule has 0 atom stereocenters. The third-order valence-corrected chi connectivity index (χ3v) is 4.20. The lowest BCUT2D eigenvalue weighted by atomic mass is 10.2. The van der Waals surface area contributed by atoms with Crippen LogP contribution < -0.4 is 0 Å². The molecule has 6 heteroatoms. The molecule has 0 amide bonds. The van der Waals surface area contributed by atoms with Crippen molar-refractivity contribution in [1.82, 2.24) is 9.55 Å². The van der Waals surface area contributed by atoms with Crippen molar-refractivity contribution in [3.63, 3.8) is 0 Å². The first-order valence-electron chi connectivity index (χ1n) is 5.99. The van der Waals surface area contributed by atoms with E-state index in [1.165, 1.54) is 6.26 Å². The normalized spacial score (nSPS) is 11.6. The maximum Gasteiger partial charge on any atom is 0.177 e. The number of hydrogen-bond donors (Lipinski definition) is 1. The fraction of sp³-hybridized carbons (Fsp3) is 0.308. The summed E-state index contributed by atoms with van der Waals surface area (Å²) in [6.45, 7) is 0.597. The van der Waals surface area contributed by atoms with Crippen LogP contribution in [0.1, 0.15) is 6.42 Å². The van der Waals surface area contributed by atoms with Gasteiger partial charge in [-0.25, -0.2) is 8.42 Å². The van der Waals surface area contributed by atoms with Gasteiger partial charge in [-0.1, -0.05) is 30.3 Å². The maximum absolute atomic E-state index is 11.2. The standard InChI is InChI=1S/C13H16N2O2S2/c1-19(16,17)9-5-8-15-12(10-14-13(15)18)11-6-3-2-4-7-11/h2-4,6-7,10H,5,8-9H2,1H3,(H,14,18). The highest BCUT2D eigenvalue weighted by atomic mass is 32.2. The molecule has 0 aliphatic carbocycles. The molecule has 1 aromatic heterocycles. The lowest BCUT2D eigenvalue weighted by molar-refractivity contribution is 0.591. The Morgan fingerprint density at radius 3 is 2.58 bits per heavy atom. The first-order valence-corrected chi connectivity index (χ1v) is 8.45. The number of benzene rings is 1. The Labute approximate surface area is 118 Å². The number of nitrogens with one attached hydrogen (secondary N) is 1. The Hall–Kier alpha value is -1.40. The number of sulfone groups is 1. The second kappa shape index (κ2) is 5.71. The van der Waals surface area contributed by atoms with Gasteiger partial charge in [0.25, 0.3) is 0 Å². The maximum atomic E-state index is 11.2. The molecule has 4 nitrogen and oxygen atoms in total. The summed E-state index contributed by atoms with van der Waals surface area (Å²) >= 11 is 5.24. The quantitative estimate of drug-likeness (QED) is 0.863. The molecule has 0 spiro atoms. The van der Waals surface area contributed by atoms with Gasteiger partial charge in [-0.05, 0) is 24.2 Å². The number of aromatic amines is 1. The lowest BCUT2D eigenvalue weighted by Crippen LogP contribution is -2.08. The average molecular weight is 296 g/mol. The molecule has 19 heavy (non-hydrogen) atoms. The molecule has 0 aliphatic heterocycles. The fourth-order valence-electron chi connectivity index (χ4n) is 1.95. The van der Waals surface area contributed by atoms with Crippen molar-refractivity contribution in [2.45, 2.75) is 13.0 Å².